The van der Waals surface area contributed by atoms with Crippen molar-refractivity contribution < 1.29 is 12.8 Å². The molecule has 0 heterocycles. The third kappa shape index (κ3) is 1.92. The van der Waals surface area contributed by atoms with Crippen molar-refractivity contribution in [3.8, 4) is 6.07 Å². The first-order valence-corrected chi connectivity index (χ1v) is 5.62. The number of rotatable bonds is 2. The van der Waals surface area contributed by atoms with E-state index in [-0.39, 0.29) is 11.3 Å². The van der Waals surface area contributed by atoms with Crippen LogP contribution in [0, 0.1) is 11.3 Å². The van der Waals surface area contributed by atoms with Gasteiger partial charge < -0.3 is 5.73 Å². The molecule has 0 fully saturated rings. The summed E-state index contributed by atoms with van der Waals surface area (Å²) in [6, 6.07) is 5.71. The number of alkyl halides is 1. The molecule has 1 unspecified atom stereocenters. The van der Waals surface area contributed by atoms with Crippen LogP contribution in [0.2, 0.25) is 0 Å². The van der Waals surface area contributed by atoms with E-state index in [4.69, 9.17) is 11.0 Å². The Bertz CT molecular complexity index is 517. The number of nitrogen functional groups attached to an aromatic ring is 1. The van der Waals surface area contributed by atoms with Gasteiger partial charge in [0.15, 0.2) is 0 Å². The minimum atomic E-state index is -4.16. The smallest absolute Gasteiger partial charge is 0.213 e. The molecule has 2 N–H and O–H groups in total. The maximum Gasteiger partial charge on any atom is 0.213 e. The van der Waals surface area contributed by atoms with Crippen molar-refractivity contribution in [3.63, 3.8) is 0 Å². The number of sulfone groups is 1. The average molecular weight is 228 g/mol. The zero-order valence-corrected chi connectivity index (χ0v) is 8.75. The number of nitriles is 1. The van der Waals surface area contributed by atoms with Crippen LogP contribution >= 0.6 is 0 Å². The van der Waals surface area contributed by atoms with Crippen LogP contribution in [0.3, 0.4) is 0 Å². The second-order valence-corrected chi connectivity index (χ2v) is 5.07. The van der Waals surface area contributed by atoms with Gasteiger partial charge in [-0.25, -0.2) is 12.8 Å². The van der Waals surface area contributed by atoms with Gasteiger partial charge in [0.25, 0.3) is 0 Å². The van der Waals surface area contributed by atoms with Gasteiger partial charge in [-0.2, -0.15) is 5.26 Å². The third-order valence-electron chi connectivity index (χ3n) is 1.88. The highest BCUT2D eigenvalue weighted by Crippen LogP contribution is 2.26. The topological polar surface area (TPSA) is 83.9 Å². The normalized spacial score (nSPS) is 13.1. The van der Waals surface area contributed by atoms with E-state index in [2.05, 4.69) is 0 Å². The molecule has 0 saturated heterocycles. The fourth-order valence-corrected chi connectivity index (χ4v) is 2.26. The van der Waals surface area contributed by atoms with Crippen LogP contribution < -0.4 is 5.73 Å². The maximum absolute atomic E-state index is 12.9. The molecule has 4 nitrogen and oxygen atoms in total. The van der Waals surface area contributed by atoms with Gasteiger partial charge in [-0.3, -0.25) is 0 Å². The lowest BCUT2D eigenvalue weighted by molar-refractivity contribution is 0.443. The van der Waals surface area contributed by atoms with Crippen molar-refractivity contribution >= 4 is 15.5 Å². The van der Waals surface area contributed by atoms with E-state index in [1.54, 1.807) is 6.07 Å². The Kier molecular flexibility index (Phi) is 2.95. The summed E-state index contributed by atoms with van der Waals surface area (Å²) in [6.07, 6.45) is 0. The highest BCUT2D eigenvalue weighted by atomic mass is 32.2. The monoisotopic (exact) mass is 228 g/mol. The number of benzene rings is 1. The van der Waals surface area contributed by atoms with E-state index in [0.29, 0.717) is 0 Å². The SMILES string of the molecule is CC(F)S(=O)(=O)c1c(N)cccc1C#N. The van der Waals surface area contributed by atoms with Gasteiger partial charge in [0.05, 0.1) is 11.3 Å². The summed E-state index contributed by atoms with van der Waals surface area (Å²) < 4.78 is 36.0. The Morgan fingerprint density at radius 2 is 2.13 bits per heavy atom. The van der Waals surface area contributed by atoms with Crippen molar-refractivity contribution in [2.75, 3.05) is 5.73 Å². The van der Waals surface area contributed by atoms with E-state index >= 15 is 0 Å². The molecule has 1 atom stereocenters. The number of nitrogens with zero attached hydrogens (tertiary/aromatic N) is 1. The Hall–Kier alpha value is -1.61. The molecule has 1 aromatic carbocycles. The van der Waals surface area contributed by atoms with E-state index in [9.17, 15) is 12.8 Å². The van der Waals surface area contributed by atoms with Crippen LogP contribution in [-0.2, 0) is 9.84 Å². The van der Waals surface area contributed by atoms with Gasteiger partial charge in [0, 0.05) is 0 Å². The molecule has 15 heavy (non-hydrogen) atoms. The second-order valence-electron chi connectivity index (χ2n) is 2.92. The molecular weight excluding hydrogens is 219 g/mol. The van der Waals surface area contributed by atoms with Gasteiger partial charge in [-0.1, -0.05) is 6.07 Å². The van der Waals surface area contributed by atoms with Crippen molar-refractivity contribution in [2.24, 2.45) is 0 Å². The lowest BCUT2D eigenvalue weighted by Gasteiger charge is -2.09. The zero-order valence-electron chi connectivity index (χ0n) is 7.94. The van der Waals surface area contributed by atoms with Crippen molar-refractivity contribution in [1.82, 2.24) is 0 Å². The second kappa shape index (κ2) is 3.87. The van der Waals surface area contributed by atoms with Gasteiger partial charge in [0.1, 0.15) is 11.0 Å². The Morgan fingerprint density at radius 1 is 1.53 bits per heavy atom. The predicted molar refractivity (Wildman–Crippen MR) is 53.3 cm³/mol. The fourth-order valence-electron chi connectivity index (χ4n) is 1.12. The van der Waals surface area contributed by atoms with Crippen LogP contribution in [0.1, 0.15) is 12.5 Å². The highest BCUT2D eigenvalue weighted by Gasteiger charge is 2.27. The van der Waals surface area contributed by atoms with Crippen LogP contribution in [0.25, 0.3) is 0 Å². The molecule has 80 valence electrons. The standard InChI is InChI=1S/C9H9FN2O2S/c1-6(10)15(13,14)9-7(5-11)3-2-4-8(9)12/h2-4,6H,12H2,1H3. The fraction of sp³-hybridized carbons (Fsp3) is 0.222. The molecule has 0 aliphatic heterocycles. The summed E-state index contributed by atoms with van der Waals surface area (Å²) in [5.74, 6) is 0. The molecule has 0 bridgehead atoms. The number of hydrogen-bond acceptors (Lipinski definition) is 4. The van der Waals surface area contributed by atoms with E-state index < -0.39 is 20.2 Å². The Morgan fingerprint density at radius 3 is 2.60 bits per heavy atom. The highest BCUT2D eigenvalue weighted by molar-refractivity contribution is 7.92. The minimum Gasteiger partial charge on any atom is -0.398 e. The Balaban J connectivity index is 3.58. The molecule has 0 aromatic heterocycles. The molecule has 0 radical (unpaired) electrons. The summed E-state index contributed by atoms with van der Waals surface area (Å²) in [7, 11) is -4.16. The maximum atomic E-state index is 12.9. The first-order valence-electron chi connectivity index (χ1n) is 4.08. The average Bonchev–Trinajstić information content (AvgIpc) is 2.16. The lowest BCUT2D eigenvalue weighted by Crippen LogP contribution is -2.16. The molecule has 1 rings (SSSR count). The molecule has 0 amide bonds. The van der Waals surface area contributed by atoms with Crippen LogP contribution in [0.15, 0.2) is 23.1 Å². The van der Waals surface area contributed by atoms with Gasteiger partial charge in [-0.05, 0) is 19.1 Å². The van der Waals surface area contributed by atoms with Crippen LogP contribution in [0.4, 0.5) is 10.1 Å². The van der Waals surface area contributed by atoms with Gasteiger partial charge >= 0.3 is 0 Å². The van der Waals surface area contributed by atoms with Crippen LogP contribution in [-0.4, -0.2) is 13.9 Å². The minimum absolute atomic E-state index is 0.112. The summed E-state index contributed by atoms with van der Waals surface area (Å²) in [5.41, 5.74) is 3.08. The summed E-state index contributed by atoms with van der Waals surface area (Å²) in [6.45, 7) is 0.892. The van der Waals surface area contributed by atoms with Crippen molar-refractivity contribution in [3.05, 3.63) is 23.8 Å². The molecule has 0 aliphatic rings. The number of anilines is 1. The number of nitrogens with two attached hydrogens (primary N) is 1. The Labute approximate surface area is 87.0 Å². The first kappa shape index (κ1) is 11.5. The predicted octanol–water partition coefficient (Wildman–Crippen LogP) is 1.23. The van der Waals surface area contributed by atoms with Crippen LogP contribution in [0.5, 0.6) is 0 Å². The zero-order chi connectivity index (χ0) is 11.6. The van der Waals surface area contributed by atoms with Gasteiger partial charge in [0.2, 0.25) is 15.3 Å². The van der Waals surface area contributed by atoms with E-state index in [1.807, 2.05) is 0 Å². The summed E-state index contributed by atoms with van der Waals surface area (Å²) >= 11 is 0. The van der Waals surface area contributed by atoms with E-state index in [0.717, 1.165) is 6.92 Å². The first-order chi connectivity index (χ1) is 6.91. The van der Waals surface area contributed by atoms with Gasteiger partial charge in [-0.15, -0.1) is 0 Å². The summed E-state index contributed by atoms with van der Waals surface area (Å²) in [4.78, 5) is -0.428. The molecule has 1 aromatic rings. The molecule has 0 aliphatic carbocycles. The molecule has 6 heteroatoms. The molecule has 0 spiro atoms. The van der Waals surface area contributed by atoms with E-state index in [1.165, 1.54) is 18.2 Å². The number of halogens is 1. The summed E-state index contributed by atoms with van der Waals surface area (Å²) in [5, 5.41) is 8.70. The molecule has 0 saturated carbocycles. The largest absolute Gasteiger partial charge is 0.398 e. The third-order valence-corrected chi connectivity index (χ3v) is 3.76. The lowest BCUT2D eigenvalue weighted by atomic mass is 10.2. The number of hydrogen-bond donors (Lipinski definition) is 1. The quantitative estimate of drug-likeness (QED) is 0.771. The molecular formula is C9H9FN2O2S. The van der Waals surface area contributed by atoms with Crippen molar-refractivity contribution in [2.45, 2.75) is 17.3 Å². The van der Waals surface area contributed by atoms with Crippen molar-refractivity contribution in [1.29, 1.82) is 5.26 Å².